The summed E-state index contributed by atoms with van der Waals surface area (Å²) in [5.74, 6) is -0.650. The van der Waals surface area contributed by atoms with Crippen LogP contribution in [0.2, 0.25) is 0 Å². The summed E-state index contributed by atoms with van der Waals surface area (Å²) in [5.41, 5.74) is 5.73. The largest absolute Gasteiger partial charge is 0.416 e. The Morgan fingerprint density at radius 2 is 1.62 bits per heavy atom. The zero-order chi connectivity index (χ0) is 26.0. The first-order valence-electron chi connectivity index (χ1n) is 12.6. The Morgan fingerprint density at radius 3 is 2.35 bits per heavy atom. The van der Waals surface area contributed by atoms with Crippen LogP contribution in [0.4, 0.5) is 22.0 Å². The molecule has 0 unspecified atom stereocenters. The van der Waals surface area contributed by atoms with Crippen molar-refractivity contribution in [2.45, 2.75) is 31.9 Å². The Hall–Kier alpha value is -3.25. The van der Waals surface area contributed by atoms with Gasteiger partial charge in [-0.15, -0.1) is 0 Å². The Balaban J connectivity index is 1.56. The topological polar surface area (TPSA) is 3.24 Å². The maximum Gasteiger partial charge on any atom is 0.416 e. The van der Waals surface area contributed by atoms with E-state index in [0.29, 0.717) is 24.8 Å². The van der Waals surface area contributed by atoms with Crippen molar-refractivity contribution in [3.63, 3.8) is 0 Å². The van der Waals surface area contributed by atoms with E-state index in [1.54, 1.807) is 0 Å². The number of aryl methyl sites for hydroxylation is 1. The van der Waals surface area contributed by atoms with E-state index >= 15 is 4.39 Å². The monoisotopic (exact) mass is 509 g/mol. The van der Waals surface area contributed by atoms with Crippen molar-refractivity contribution in [1.29, 1.82) is 0 Å². The molecule has 1 aliphatic heterocycles. The molecule has 5 rings (SSSR count). The third-order valence-electron chi connectivity index (χ3n) is 7.11. The highest BCUT2D eigenvalue weighted by atomic mass is 19.4. The molecular weight excluding hydrogens is 481 g/mol. The minimum atomic E-state index is -4.55. The second kappa shape index (κ2) is 10.6. The number of rotatable bonds is 6. The zero-order valence-electron chi connectivity index (χ0n) is 20.4. The van der Waals surface area contributed by atoms with Crippen LogP contribution in [0.5, 0.6) is 0 Å². The van der Waals surface area contributed by atoms with Crippen molar-refractivity contribution in [2.24, 2.45) is 0 Å². The van der Waals surface area contributed by atoms with Gasteiger partial charge >= 0.3 is 6.18 Å². The van der Waals surface area contributed by atoms with E-state index in [1.165, 1.54) is 5.57 Å². The summed E-state index contributed by atoms with van der Waals surface area (Å²) in [4.78, 5) is 2.20. The number of nitrogens with zero attached hydrogens (tertiary/aromatic N) is 1. The Labute approximate surface area is 213 Å². The van der Waals surface area contributed by atoms with Crippen LogP contribution in [0.1, 0.15) is 52.6 Å². The number of hydrogen-bond donors (Lipinski definition) is 0. The third kappa shape index (κ3) is 5.54. The maximum atomic E-state index is 15.1. The molecule has 1 saturated heterocycles. The third-order valence-corrected chi connectivity index (χ3v) is 7.11. The van der Waals surface area contributed by atoms with Crippen molar-refractivity contribution in [3.05, 3.63) is 112 Å². The number of benzene rings is 3. The number of halogens is 5. The Kier molecular flexibility index (Phi) is 7.29. The lowest BCUT2D eigenvalue weighted by molar-refractivity contribution is -0.137. The molecule has 0 N–H and O–H groups in total. The fourth-order valence-electron chi connectivity index (χ4n) is 5.30. The van der Waals surface area contributed by atoms with E-state index in [2.05, 4.69) is 11.0 Å². The second-order valence-corrected chi connectivity index (χ2v) is 9.73. The zero-order valence-corrected chi connectivity index (χ0v) is 20.4. The molecule has 0 radical (unpaired) electrons. The summed E-state index contributed by atoms with van der Waals surface area (Å²) < 4.78 is 68.0. The first kappa shape index (κ1) is 25.4. The molecule has 2 aliphatic rings. The van der Waals surface area contributed by atoms with E-state index in [1.807, 2.05) is 48.5 Å². The SMILES string of the molecule is FCCCN1CC(=Cc2ccc(C3=C(c4cc(C(F)(F)F)ccc4F)CCCc4ccccc43)cc2)C1. The summed E-state index contributed by atoms with van der Waals surface area (Å²) >= 11 is 0. The highest BCUT2D eigenvalue weighted by molar-refractivity contribution is 6.00. The molecule has 0 bridgehead atoms. The van der Waals surface area contributed by atoms with Crippen LogP contribution >= 0.6 is 0 Å². The van der Waals surface area contributed by atoms with Gasteiger partial charge in [-0.3, -0.25) is 9.29 Å². The van der Waals surface area contributed by atoms with Crippen molar-refractivity contribution in [1.82, 2.24) is 4.90 Å². The van der Waals surface area contributed by atoms with Crippen LogP contribution in [-0.4, -0.2) is 31.2 Å². The van der Waals surface area contributed by atoms with Gasteiger partial charge in [-0.25, -0.2) is 4.39 Å². The van der Waals surface area contributed by atoms with Crippen molar-refractivity contribution < 1.29 is 22.0 Å². The Bertz CT molecular complexity index is 1330. The molecule has 1 fully saturated rings. The average Bonchev–Trinajstić information content (AvgIpc) is 3.05. The number of alkyl halides is 4. The van der Waals surface area contributed by atoms with Gasteiger partial charge in [0.2, 0.25) is 0 Å². The number of fused-ring (bicyclic) bond motifs is 1. The summed E-state index contributed by atoms with van der Waals surface area (Å²) in [5, 5.41) is 0. The lowest BCUT2D eigenvalue weighted by Crippen LogP contribution is -2.40. The average molecular weight is 510 g/mol. The summed E-state index contributed by atoms with van der Waals surface area (Å²) in [7, 11) is 0. The quantitative estimate of drug-likeness (QED) is 0.303. The van der Waals surface area contributed by atoms with Crippen molar-refractivity contribution in [3.8, 4) is 0 Å². The molecule has 0 aromatic heterocycles. The van der Waals surface area contributed by atoms with Crippen LogP contribution < -0.4 is 0 Å². The summed E-state index contributed by atoms with van der Waals surface area (Å²) in [6.07, 6.45) is 0.0834. The smallest absolute Gasteiger partial charge is 0.295 e. The molecule has 6 heteroatoms. The minimum Gasteiger partial charge on any atom is -0.295 e. The summed E-state index contributed by atoms with van der Waals surface area (Å²) in [6.45, 7) is 2.12. The van der Waals surface area contributed by atoms with Gasteiger partial charge in [0.25, 0.3) is 0 Å². The number of allylic oxidation sites excluding steroid dienone is 1. The highest BCUT2D eigenvalue weighted by Crippen LogP contribution is 2.42. The van der Waals surface area contributed by atoms with Crippen LogP contribution in [-0.2, 0) is 12.6 Å². The lowest BCUT2D eigenvalue weighted by Gasteiger charge is -2.33. The van der Waals surface area contributed by atoms with Gasteiger partial charge < -0.3 is 0 Å². The molecule has 0 atom stereocenters. The van der Waals surface area contributed by atoms with Gasteiger partial charge in [-0.05, 0) is 82.9 Å². The summed E-state index contributed by atoms with van der Waals surface area (Å²) in [6, 6.07) is 18.5. The van der Waals surface area contributed by atoms with Gasteiger partial charge in [0.1, 0.15) is 5.82 Å². The standard InChI is InChI=1S/C31H28F5N/c32-15-4-16-37-19-22(20-37)17-21-9-11-24(12-10-21)30-26-7-2-1-5-23(26)6-3-8-27(30)28-18-25(31(34,35)36)13-14-29(28)33/h1-2,5,7,9-14,17-18H,3-4,6,8,15-16,19-20H2. The molecule has 3 aromatic carbocycles. The molecule has 0 amide bonds. The maximum absolute atomic E-state index is 15.1. The normalized spacial score (nSPS) is 16.3. The fraction of sp³-hybridized carbons (Fsp3) is 0.290. The molecule has 1 nitrogen and oxygen atoms in total. The van der Waals surface area contributed by atoms with Gasteiger partial charge in [0.15, 0.2) is 0 Å². The van der Waals surface area contributed by atoms with Crippen molar-refractivity contribution >= 4 is 17.2 Å². The van der Waals surface area contributed by atoms with Crippen LogP contribution in [0.3, 0.4) is 0 Å². The molecule has 1 heterocycles. The van der Waals surface area contributed by atoms with Gasteiger partial charge in [0.05, 0.1) is 12.2 Å². The van der Waals surface area contributed by atoms with Gasteiger partial charge in [-0.1, -0.05) is 54.6 Å². The predicted octanol–water partition coefficient (Wildman–Crippen LogP) is 8.20. The van der Waals surface area contributed by atoms with E-state index in [-0.39, 0.29) is 12.2 Å². The Morgan fingerprint density at radius 1 is 0.865 bits per heavy atom. The van der Waals surface area contributed by atoms with Crippen LogP contribution in [0, 0.1) is 5.82 Å². The van der Waals surface area contributed by atoms with E-state index < -0.39 is 17.6 Å². The van der Waals surface area contributed by atoms with Crippen molar-refractivity contribution in [2.75, 3.05) is 26.3 Å². The lowest BCUT2D eigenvalue weighted by atomic mass is 9.87. The second-order valence-electron chi connectivity index (χ2n) is 9.73. The number of likely N-dealkylation sites (tertiary alicyclic amines) is 1. The molecule has 192 valence electrons. The highest BCUT2D eigenvalue weighted by Gasteiger charge is 2.32. The molecule has 3 aromatic rings. The van der Waals surface area contributed by atoms with Crippen LogP contribution in [0.15, 0.2) is 72.3 Å². The first-order valence-corrected chi connectivity index (χ1v) is 12.6. The molecule has 37 heavy (non-hydrogen) atoms. The molecule has 0 saturated carbocycles. The van der Waals surface area contributed by atoms with E-state index in [9.17, 15) is 17.6 Å². The van der Waals surface area contributed by atoms with Gasteiger partial charge in [0, 0.05) is 25.2 Å². The van der Waals surface area contributed by atoms with Crippen LogP contribution in [0.25, 0.3) is 17.2 Å². The van der Waals surface area contributed by atoms with Gasteiger partial charge in [-0.2, -0.15) is 13.2 Å². The first-order chi connectivity index (χ1) is 17.8. The molecular formula is C31H28F5N. The molecule has 0 spiro atoms. The predicted molar refractivity (Wildman–Crippen MR) is 138 cm³/mol. The fourth-order valence-corrected chi connectivity index (χ4v) is 5.30. The molecule has 1 aliphatic carbocycles. The van der Waals surface area contributed by atoms with E-state index in [4.69, 9.17) is 0 Å². The minimum absolute atomic E-state index is 0.00978. The number of hydrogen-bond acceptors (Lipinski definition) is 1. The van der Waals surface area contributed by atoms with E-state index in [0.717, 1.165) is 72.1 Å².